The number of H-pyrrole nitrogens is 6. The zero-order valence-corrected chi connectivity index (χ0v) is 82.1. The molecule has 6 fully saturated rings. The van der Waals surface area contributed by atoms with E-state index in [1.165, 1.54) is 33.1 Å². The summed E-state index contributed by atoms with van der Waals surface area (Å²) in [6.45, 7) is -3.99. The predicted octanol–water partition coefficient (Wildman–Crippen LogP) is 1.39. The first-order chi connectivity index (χ1) is 71.6. The average molecular weight is 2190 g/mol. The molecular weight excluding hydrogens is 2100 g/mol. The molecule has 6 saturated heterocycles. The topological polar surface area (TPSA) is 885 Å². The Labute approximate surface area is 835 Å². The van der Waals surface area contributed by atoms with Gasteiger partial charge in [0.15, 0.2) is 67.3 Å². The Bertz CT molecular complexity index is 8150. The molecular formula is C81H92N27O37P5. The van der Waals surface area contributed by atoms with Crippen LogP contribution < -0.4 is 77.2 Å². The second kappa shape index (κ2) is 42.3. The van der Waals surface area contributed by atoms with Gasteiger partial charge in [-0.25, -0.2) is 52.5 Å². The molecule has 64 nitrogen and oxygen atoms in total. The third-order valence-corrected chi connectivity index (χ3v) is 29.8. The number of aryl methyl sites for hydroxylation is 1. The van der Waals surface area contributed by atoms with Gasteiger partial charge in [0, 0.05) is 50.3 Å². The average Bonchev–Trinajstić information content (AvgIpc) is 1.63. The lowest BCUT2D eigenvalue weighted by Crippen LogP contribution is -2.33. The van der Waals surface area contributed by atoms with Crippen molar-refractivity contribution in [2.45, 2.75) is 176 Å². The standard InChI is InChI=1S/C81H92N27O37P5/c1-36-21-103(81(116)102-70(36)110)55-16-43(49(136-55)25-127-22-39-12-13-41(128-23-37-8-4-2-5-9-37)42(14-39)129-24-38-10-6-3-7-11-38)141-147(119,120)131-27-51-45(18-57(138-51)106-33-89-62-67(106)94-78(84)99-73(62)113)143-149(123,124)133-29-53-47(20-59(140-53)108-35-91-64-69(108)96-80(86)101-75(64)115)145-150(125,126)134-30-52-46(19-58(139-52)107-34-90-63-68(107)95-79(85)100-74(63)114)144-148(121,122)132-28-50-44(17-56(137-50)105-32-88-61-66(105)93-77(83)98-72(61)112)142-146(117,118)130-26-48-40(109)15-54(135-48)104-31-87-60-65(104)92-76(82)97-71(60)111/h2-14,21,31-35,40,43-59,109H,15-20,22-30H2,1H3,(H,117,118)(H,119,120)(H,121,122)(H,123,124)(H,125,126)(H,102,110,116)(H3,82,92,97,111)(H3,83,93,98,112)(H3,84,94,99,113)(H3,85,95,100,114)(H3,86,96,101,115). The van der Waals surface area contributed by atoms with E-state index in [1.54, 1.807) is 18.2 Å². The van der Waals surface area contributed by atoms with E-state index >= 15 is 0 Å². The highest BCUT2D eigenvalue weighted by molar-refractivity contribution is 7.48. The second-order valence-corrected chi connectivity index (χ2v) is 42.0. The Kier molecular flexibility index (Phi) is 29.3. The lowest BCUT2D eigenvalue weighted by Gasteiger charge is -2.26. The summed E-state index contributed by atoms with van der Waals surface area (Å²) in [5.41, 5.74) is 24.4. The lowest BCUT2D eigenvalue weighted by molar-refractivity contribution is -0.0711. The molecule has 6 aliphatic heterocycles. The van der Waals surface area contributed by atoms with Crippen molar-refractivity contribution in [3.05, 3.63) is 212 Å². The van der Waals surface area contributed by atoms with E-state index in [0.717, 1.165) is 50.1 Å². The number of anilines is 5. The van der Waals surface area contributed by atoms with Gasteiger partial charge in [-0.2, -0.15) is 24.9 Å². The van der Waals surface area contributed by atoms with E-state index < -0.39 is 259 Å². The van der Waals surface area contributed by atoms with Crippen LogP contribution in [0, 0.1) is 6.92 Å². The number of phosphoric ester groups is 5. The van der Waals surface area contributed by atoms with Gasteiger partial charge in [-0.1, -0.05) is 66.7 Å². The Morgan fingerprint density at radius 1 is 0.340 bits per heavy atom. The zero-order valence-electron chi connectivity index (χ0n) is 77.6. The van der Waals surface area contributed by atoms with Crippen molar-refractivity contribution < 1.29 is 140 Å². The molecule has 0 bridgehead atoms. The van der Waals surface area contributed by atoms with Gasteiger partial charge in [0.25, 0.3) is 33.4 Å². The monoisotopic (exact) mass is 2190 g/mol. The van der Waals surface area contributed by atoms with Crippen molar-refractivity contribution in [1.29, 1.82) is 0 Å². The van der Waals surface area contributed by atoms with E-state index in [2.05, 4.69) is 79.7 Å². The van der Waals surface area contributed by atoms with E-state index in [9.17, 15) is 86.0 Å². The van der Waals surface area contributed by atoms with Crippen LogP contribution in [0.25, 0.3) is 55.8 Å². The summed E-state index contributed by atoms with van der Waals surface area (Å²) in [5, 5.41) is 11.1. The van der Waals surface area contributed by atoms with Gasteiger partial charge in [-0.05, 0) is 35.7 Å². The van der Waals surface area contributed by atoms with Crippen molar-refractivity contribution in [3.63, 3.8) is 0 Å². The quantitative estimate of drug-likeness (QED) is 0.0241. The molecule has 6 aliphatic rings. The molecule has 20 rings (SSSR count). The van der Waals surface area contributed by atoms with E-state index in [1.807, 2.05) is 60.7 Å². The van der Waals surface area contributed by atoms with Crippen molar-refractivity contribution in [2.24, 2.45) is 0 Å². The van der Waals surface area contributed by atoms with Crippen LogP contribution in [0.3, 0.4) is 0 Å². The number of aliphatic hydroxyl groups is 1. The Morgan fingerprint density at radius 3 is 0.940 bits per heavy atom. The molecule has 23 atom stereocenters. The number of aromatic nitrogens is 22. The first kappa shape index (κ1) is 104. The number of fused-ring (bicyclic) bond motifs is 5. The minimum Gasteiger partial charge on any atom is -0.485 e. The number of phosphoric acid groups is 5. The minimum absolute atomic E-state index is 0.0154. The first-order valence-electron chi connectivity index (χ1n) is 45.5. The summed E-state index contributed by atoms with van der Waals surface area (Å²) >= 11 is 0. The first-order valence-corrected chi connectivity index (χ1v) is 53.0. The number of ether oxygens (including phenoxy) is 9. The molecule has 0 spiro atoms. The van der Waals surface area contributed by atoms with Gasteiger partial charge in [0.1, 0.15) is 118 Å². The summed E-state index contributed by atoms with van der Waals surface area (Å²) in [7, 11) is -27.9. The number of imidazole rings is 5. The highest BCUT2D eigenvalue weighted by Crippen LogP contribution is 2.57. The number of rotatable bonds is 41. The molecule has 22 N–H and O–H groups in total. The number of nitrogen functional groups attached to an aromatic ring is 5. The third-order valence-electron chi connectivity index (χ3n) is 24.8. The van der Waals surface area contributed by atoms with Crippen LogP contribution in [0.15, 0.2) is 150 Å². The van der Waals surface area contributed by atoms with Crippen LogP contribution in [0.4, 0.5) is 29.7 Å². The SMILES string of the molecule is Cc1cn(C2CC(OP(=O)(O)OCC3OC(n4cnc5c(=O)[nH]c(N)nc54)CC3OP(=O)(O)OCC3OC(n4cnc5c(=O)[nH]c(N)nc54)CC3OP(=O)(O)OCC3OC(n4cnc5c(=O)[nH]c(N)nc54)CC3OP(=O)(O)OCC3OC(n4cnc5c(=O)[nH]c(N)nc54)CC3OP(=O)(O)OCC3OC(n4cnc5c(=O)[nH]c(N)nc54)CC3O)C(COCc3ccc(OCc4ccccc4)c(OCc4ccccc4)c3)O2)c(=O)[nH]c1=O. The lowest BCUT2D eigenvalue weighted by atomic mass is 10.2. The fourth-order valence-electron chi connectivity index (χ4n) is 17.7. The maximum atomic E-state index is 14.8. The molecule has 0 saturated carbocycles. The highest BCUT2D eigenvalue weighted by Gasteiger charge is 2.52. The van der Waals surface area contributed by atoms with Gasteiger partial charge in [-0.15, -0.1) is 0 Å². The smallest absolute Gasteiger partial charge is 0.472 e. The zero-order chi connectivity index (χ0) is 105. The Balaban J connectivity index is 0.528. The number of hydrogen-bond acceptors (Lipinski definition) is 47. The summed E-state index contributed by atoms with van der Waals surface area (Å²) < 4.78 is 193. The van der Waals surface area contributed by atoms with Crippen molar-refractivity contribution in [2.75, 3.05) is 68.3 Å². The second-order valence-electron chi connectivity index (χ2n) is 35.0. The molecule has 14 aromatic rings. The van der Waals surface area contributed by atoms with Crippen molar-refractivity contribution in [1.82, 2.24) is 107 Å². The molecule has 150 heavy (non-hydrogen) atoms. The van der Waals surface area contributed by atoms with E-state index in [-0.39, 0.29) is 118 Å². The number of nitrogens with two attached hydrogens (primary N) is 5. The van der Waals surface area contributed by atoms with Crippen LogP contribution in [0.5, 0.6) is 11.5 Å². The van der Waals surface area contributed by atoms with Gasteiger partial charge in [0.2, 0.25) is 29.7 Å². The predicted molar refractivity (Wildman–Crippen MR) is 507 cm³/mol. The Hall–Kier alpha value is -13.1. The van der Waals surface area contributed by atoms with E-state index in [0.29, 0.717) is 17.1 Å². The number of nitrogens with one attached hydrogen (secondary N) is 6. The molecule has 23 unspecified atom stereocenters. The Morgan fingerprint density at radius 2 is 0.620 bits per heavy atom. The van der Waals surface area contributed by atoms with Gasteiger partial charge in [0.05, 0.1) is 84.0 Å². The summed E-state index contributed by atoms with van der Waals surface area (Å²) in [6, 6.07) is 23.9. The van der Waals surface area contributed by atoms with Gasteiger partial charge < -0.3 is 101 Å². The minimum atomic E-state index is -5.73. The summed E-state index contributed by atoms with van der Waals surface area (Å²) in [6.07, 6.45) is -23.7. The molecule has 11 aromatic heterocycles. The highest BCUT2D eigenvalue weighted by atomic mass is 31.2. The van der Waals surface area contributed by atoms with E-state index in [4.69, 9.17) is 117 Å². The molecule has 17 heterocycles. The fourth-order valence-corrected chi connectivity index (χ4v) is 22.6. The van der Waals surface area contributed by atoms with Crippen molar-refractivity contribution in [3.8, 4) is 11.5 Å². The maximum absolute atomic E-state index is 14.8. The van der Waals surface area contributed by atoms with Crippen molar-refractivity contribution >= 4 is 125 Å². The van der Waals surface area contributed by atoms with Gasteiger partial charge in [-0.3, -0.25) is 131 Å². The number of benzene rings is 3. The molecule has 69 heteroatoms. The fraction of sp³-hybridized carbons (Fsp3) is 0.420. The van der Waals surface area contributed by atoms with Crippen LogP contribution >= 0.6 is 39.1 Å². The summed E-state index contributed by atoms with van der Waals surface area (Å²) in [4.78, 5) is 205. The third kappa shape index (κ3) is 23.1. The van der Waals surface area contributed by atoms with Crippen LogP contribution in [0.2, 0.25) is 0 Å². The summed E-state index contributed by atoms with van der Waals surface area (Å²) in [5.74, 6) is -1.05. The molecule has 0 amide bonds. The van der Waals surface area contributed by atoms with Crippen LogP contribution in [0.1, 0.15) is 98.1 Å². The number of aromatic amines is 6. The number of hydrogen-bond donors (Lipinski definition) is 17. The normalized spacial score (nSPS) is 26.1. The van der Waals surface area contributed by atoms with Gasteiger partial charge >= 0.3 is 44.8 Å². The number of aliphatic hydroxyl groups excluding tert-OH is 1. The largest absolute Gasteiger partial charge is 0.485 e. The molecule has 0 aliphatic carbocycles. The molecule has 798 valence electrons. The number of nitrogens with zero attached hydrogens (tertiary/aromatic N) is 16. The maximum Gasteiger partial charge on any atom is 0.472 e. The molecule has 0 radical (unpaired) electrons. The van der Waals surface area contributed by atoms with Crippen LogP contribution in [-0.2, 0) is 121 Å². The van der Waals surface area contributed by atoms with Crippen LogP contribution in [-0.4, -0.2) is 250 Å². The molecule has 3 aromatic carbocycles.